The highest BCUT2D eigenvalue weighted by Crippen LogP contribution is 2.26. The summed E-state index contributed by atoms with van der Waals surface area (Å²) in [6, 6.07) is 14.9. The lowest BCUT2D eigenvalue weighted by atomic mass is 9.94. The van der Waals surface area contributed by atoms with Crippen LogP contribution in [-0.2, 0) is 6.42 Å². The van der Waals surface area contributed by atoms with E-state index in [9.17, 15) is 0 Å². The molecule has 0 aliphatic heterocycles. The zero-order chi connectivity index (χ0) is 14.5. The van der Waals surface area contributed by atoms with Gasteiger partial charge in [0.05, 0.1) is 0 Å². The molecule has 3 heteroatoms. The van der Waals surface area contributed by atoms with Crippen LogP contribution in [0.3, 0.4) is 0 Å². The third-order valence-electron chi connectivity index (χ3n) is 3.40. The predicted molar refractivity (Wildman–Crippen MR) is 83.1 cm³/mol. The molecule has 0 bridgehead atoms. The van der Waals surface area contributed by atoms with Crippen LogP contribution in [0.5, 0.6) is 0 Å². The number of oxime groups is 1. The molecule has 104 valence electrons. The average molecular weight is 268 g/mol. The zero-order valence-corrected chi connectivity index (χ0v) is 11.9. The molecule has 20 heavy (non-hydrogen) atoms. The van der Waals surface area contributed by atoms with Gasteiger partial charge in [0.1, 0.15) is 5.84 Å². The Morgan fingerprint density at radius 1 is 1.05 bits per heavy atom. The highest BCUT2D eigenvalue weighted by Gasteiger charge is 2.06. The highest BCUT2D eigenvalue weighted by molar-refractivity contribution is 5.80. The maximum Gasteiger partial charge on any atom is 0.139 e. The monoisotopic (exact) mass is 268 g/mol. The van der Waals surface area contributed by atoms with Crippen LogP contribution in [0.15, 0.2) is 47.6 Å². The van der Waals surface area contributed by atoms with Crippen LogP contribution in [-0.4, -0.2) is 11.0 Å². The van der Waals surface area contributed by atoms with Gasteiger partial charge in [0.25, 0.3) is 0 Å². The van der Waals surface area contributed by atoms with E-state index in [0.29, 0.717) is 6.42 Å². The Hall–Kier alpha value is -2.29. The second-order valence-electron chi connectivity index (χ2n) is 5.12. The maximum atomic E-state index is 8.65. The van der Waals surface area contributed by atoms with Crippen LogP contribution in [0.25, 0.3) is 11.1 Å². The van der Waals surface area contributed by atoms with E-state index in [0.717, 1.165) is 6.42 Å². The van der Waals surface area contributed by atoms with Gasteiger partial charge in [-0.3, -0.25) is 0 Å². The molecular formula is C17H20N2O. The molecule has 2 aromatic carbocycles. The molecule has 0 saturated carbocycles. The molecule has 0 saturated heterocycles. The van der Waals surface area contributed by atoms with E-state index >= 15 is 0 Å². The summed E-state index contributed by atoms with van der Waals surface area (Å²) in [7, 11) is 0. The molecule has 0 aliphatic rings. The third kappa shape index (κ3) is 3.38. The summed E-state index contributed by atoms with van der Waals surface area (Å²) >= 11 is 0. The number of amidine groups is 1. The second kappa shape index (κ2) is 6.24. The lowest BCUT2D eigenvalue weighted by Gasteiger charge is -2.11. The number of rotatable bonds is 4. The molecule has 0 heterocycles. The number of hydrogen-bond donors (Lipinski definition) is 2. The molecule has 0 fully saturated rings. The van der Waals surface area contributed by atoms with Crippen LogP contribution >= 0.6 is 0 Å². The van der Waals surface area contributed by atoms with Crippen molar-refractivity contribution in [2.45, 2.75) is 26.7 Å². The zero-order valence-electron chi connectivity index (χ0n) is 11.9. The first kappa shape index (κ1) is 14.1. The number of nitrogens with two attached hydrogens (primary N) is 1. The third-order valence-corrected chi connectivity index (χ3v) is 3.40. The first-order valence-corrected chi connectivity index (χ1v) is 6.73. The smallest absolute Gasteiger partial charge is 0.139 e. The second-order valence-corrected chi connectivity index (χ2v) is 5.12. The van der Waals surface area contributed by atoms with Crippen molar-refractivity contribution in [3.8, 4) is 11.1 Å². The Morgan fingerprint density at radius 3 is 2.35 bits per heavy atom. The SMILES string of the molecule is Cc1ccc(-c2ccc(C)cc2CC/C(N)=N/O)cc1. The van der Waals surface area contributed by atoms with Crippen molar-refractivity contribution in [2.75, 3.05) is 0 Å². The quantitative estimate of drug-likeness (QED) is 0.385. The van der Waals surface area contributed by atoms with Crippen molar-refractivity contribution in [1.29, 1.82) is 0 Å². The van der Waals surface area contributed by atoms with Crippen molar-refractivity contribution in [3.63, 3.8) is 0 Å². The summed E-state index contributed by atoms with van der Waals surface area (Å²) < 4.78 is 0. The van der Waals surface area contributed by atoms with E-state index in [-0.39, 0.29) is 5.84 Å². The highest BCUT2D eigenvalue weighted by atomic mass is 16.4. The first-order valence-electron chi connectivity index (χ1n) is 6.73. The molecule has 0 amide bonds. The molecule has 0 spiro atoms. The summed E-state index contributed by atoms with van der Waals surface area (Å²) in [5.74, 6) is 0.265. The van der Waals surface area contributed by atoms with Crippen molar-refractivity contribution < 1.29 is 5.21 Å². The number of benzene rings is 2. The van der Waals surface area contributed by atoms with Gasteiger partial charge in [0.2, 0.25) is 0 Å². The normalized spacial score (nSPS) is 11.6. The average Bonchev–Trinajstić information content (AvgIpc) is 2.46. The molecule has 0 radical (unpaired) electrons. The summed E-state index contributed by atoms with van der Waals surface area (Å²) in [5.41, 5.74) is 11.7. The Morgan fingerprint density at radius 2 is 1.70 bits per heavy atom. The lowest BCUT2D eigenvalue weighted by Crippen LogP contribution is -2.12. The van der Waals surface area contributed by atoms with E-state index in [1.165, 1.54) is 27.8 Å². The van der Waals surface area contributed by atoms with Crippen molar-refractivity contribution >= 4 is 5.84 Å². The van der Waals surface area contributed by atoms with E-state index in [1.54, 1.807) is 0 Å². The van der Waals surface area contributed by atoms with Crippen molar-refractivity contribution in [2.24, 2.45) is 10.9 Å². The summed E-state index contributed by atoms with van der Waals surface area (Å²) in [5, 5.41) is 11.7. The van der Waals surface area contributed by atoms with Crippen molar-refractivity contribution in [3.05, 3.63) is 59.2 Å². The van der Waals surface area contributed by atoms with Gasteiger partial charge in [0.15, 0.2) is 0 Å². The molecule has 2 aromatic rings. The first-order chi connectivity index (χ1) is 9.60. The van der Waals surface area contributed by atoms with Crippen molar-refractivity contribution in [1.82, 2.24) is 0 Å². The van der Waals surface area contributed by atoms with E-state index in [4.69, 9.17) is 10.9 Å². The lowest BCUT2D eigenvalue weighted by molar-refractivity contribution is 0.317. The van der Waals surface area contributed by atoms with Gasteiger partial charge < -0.3 is 10.9 Å². The Labute approximate surface area is 119 Å². The largest absolute Gasteiger partial charge is 0.409 e. The van der Waals surface area contributed by atoms with Gasteiger partial charge in [-0.25, -0.2) is 0 Å². The Kier molecular flexibility index (Phi) is 4.41. The van der Waals surface area contributed by atoms with Gasteiger partial charge in [0, 0.05) is 6.42 Å². The van der Waals surface area contributed by atoms with E-state index in [1.807, 2.05) is 0 Å². The van der Waals surface area contributed by atoms with Gasteiger partial charge in [-0.15, -0.1) is 0 Å². The number of nitrogens with zero attached hydrogens (tertiary/aromatic N) is 1. The molecule has 0 aromatic heterocycles. The summed E-state index contributed by atoms with van der Waals surface area (Å²) in [4.78, 5) is 0. The topological polar surface area (TPSA) is 58.6 Å². The van der Waals surface area contributed by atoms with Gasteiger partial charge >= 0.3 is 0 Å². The van der Waals surface area contributed by atoms with Crippen LogP contribution in [0.2, 0.25) is 0 Å². The molecule has 2 rings (SSSR count). The number of aryl methyl sites for hydroxylation is 3. The number of hydrogen-bond acceptors (Lipinski definition) is 2. The fourth-order valence-corrected chi connectivity index (χ4v) is 2.26. The Bertz CT molecular complexity index is 615. The molecule has 0 aliphatic carbocycles. The van der Waals surface area contributed by atoms with Crippen LogP contribution in [0.4, 0.5) is 0 Å². The van der Waals surface area contributed by atoms with Gasteiger partial charge in [-0.2, -0.15) is 0 Å². The maximum absolute atomic E-state index is 8.65. The standard InChI is InChI=1S/C17H20N2O/c1-12-3-6-14(7-4-12)16-9-5-13(2)11-15(16)8-10-17(18)19-20/h3-7,9,11,20H,8,10H2,1-2H3,(H2,18,19). The minimum absolute atomic E-state index is 0.265. The molecule has 0 unspecified atom stereocenters. The minimum atomic E-state index is 0.265. The van der Waals surface area contributed by atoms with Gasteiger partial charge in [-0.05, 0) is 37.0 Å². The molecule has 0 atom stereocenters. The van der Waals surface area contributed by atoms with Crippen LogP contribution in [0.1, 0.15) is 23.1 Å². The minimum Gasteiger partial charge on any atom is -0.409 e. The van der Waals surface area contributed by atoms with Crippen LogP contribution < -0.4 is 5.73 Å². The van der Waals surface area contributed by atoms with E-state index < -0.39 is 0 Å². The Balaban J connectivity index is 2.34. The van der Waals surface area contributed by atoms with Gasteiger partial charge in [-0.1, -0.05) is 58.7 Å². The van der Waals surface area contributed by atoms with E-state index in [2.05, 4.69) is 61.5 Å². The summed E-state index contributed by atoms with van der Waals surface area (Å²) in [6.07, 6.45) is 1.32. The molecule has 3 nitrogen and oxygen atoms in total. The summed E-state index contributed by atoms with van der Waals surface area (Å²) in [6.45, 7) is 4.16. The molecule has 3 N–H and O–H groups in total. The van der Waals surface area contributed by atoms with Crippen LogP contribution in [0, 0.1) is 13.8 Å². The fourth-order valence-electron chi connectivity index (χ4n) is 2.26. The predicted octanol–water partition coefficient (Wildman–Crippen LogP) is 3.65. The fraction of sp³-hybridized carbons (Fsp3) is 0.235. The molecular weight excluding hydrogens is 248 g/mol.